The van der Waals surface area contributed by atoms with Gasteiger partial charge in [0, 0.05) is 35.6 Å². The molecule has 1 rings (SSSR count). The number of allylic oxidation sites excluding steroid dienone is 1. The van der Waals surface area contributed by atoms with Gasteiger partial charge in [0.25, 0.3) is 11.8 Å². The predicted molar refractivity (Wildman–Crippen MR) is 103 cm³/mol. The van der Waals surface area contributed by atoms with E-state index in [9.17, 15) is 9.59 Å². The minimum Gasteiger partial charge on any atom is -0.401 e. The highest BCUT2D eigenvalue weighted by molar-refractivity contribution is 6.31. The van der Waals surface area contributed by atoms with E-state index in [2.05, 4.69) is 16.0 Å². The van der Waals surface area contributed by atoms with Crippen LogP contribution in [0.25, 0.3) is 0 Å². The van der Waals surface area contributed by atoms with E-state index in [1.807, 2.05) is 27.7 Å². The van der Waals surface area contributed by atoms with Gasteiger partial charge < -0.3 is 21.7 Å². The molecule has 25 heavy (non-hydrogen) atoms. The predicted octanol–water partition coefficient (Wildman–Crippen LogP) is 2.42. The molecular formula is C18H27ClN4O2. The number of halogens is 1. The first-order valence-electron chi connectivity index (χ1n) is 8.25. The van der Waals surface area contributed by atoms with Crippen LogP contribution in [0, 0.1) is 12.8 Å². The number of benzene rings is 1. The van der Waals surface area contributed by atoms with Crippen molar-refractivity contribution >= 4 is 29.1 Å². The van der Waals surface area contributed by atoms with E-state index >= 15 is 0 Å². The summed E-state index contributed by atoms with van der Waals surface area (Å²) in [7, 11) is 1.53. The molecule has 0 aliphatic rings. The van der Waals surface area contributed by atoms with Crippen molar-refractivity contribution in [3.8, 4) is 0 Å². The van der Waals surface area contributed by atoms with Crippen LogP contribution in [0.1, 0.15) is 36.7 Å². The van der Waals surface area contributed by atoms with Crippen molar-refractivity contribution in [3.05, 3.63) is 39.6 Å². The average molecular weight is 367 g/mol. The summed E-state index contributed by atoms with van der Waals surface area (Å²) in [5.74, 6) is -0.614. The Morgan fingerprint density at radius 2 is 1.92 bits per heavy atom. The monoisotopic (exact) mass is 366 g/mol. The largest absolute Gasteiger partial charge is 0.401 e. The van der Waals surface area contributed by atoms with Crippen LogP contribution in [0.15, 0.2) is 23.4 Å². The Morgan fingerprint density at radius 3 is 2.44 bits per heavy atom. The van der Waals surface area contributed by atoms with Gasteiger partial charge in [-0.1, -0.05) is 25.4 Å². The lowest BCUT2D eigenvalue weighted by atomic mass is 10.0. The number of carbonyl (C=O) groups excluding carboxylic acids is 2. The maximum absolute atomic E-state index is 12.6. The molecule has 0 aliphatic heterocycles. The van der Waals surface area contributed by atoms with Gasteiger partial charge in [-0.15, -0.1) is 0 Å². The summed E-state index contributed by atoms with van der Waals surface area (Å²) < 4.78 is 0. The Kier molecular flexibility index (Phi) is 7.77. The van der Waals surface area contributed by atoms with Gasteiger partial charge in [0.1, 0.15) is 0 Å². The lowest BCUT2D eigenvalue weighted by Crippen LogP contribution is -2.34. The highest BCUT2D eigenvalue weighted by Gasteiger charge is 2.18. The van der Waals surface area contributed by atoms with Crippen molar-refractivity contribution < 1.29 is 9.59 Å². The van der Waals surface area contributed by atoms with Gasteiger partial charge in [0.15, 0.2) is 0 Å². The SMILES string of the molecule is CCNc1cc(Cl)cc(C(=O)NC/C(C(=O)NC)=C(/N)C(C)C)c1C. The van der Waals surface area contributed by atoms with Crippen LogP contribution in [-0.4, -0.2) is 32.0 Å². The molecule has 0 spiro atoms. The zero-order chi connectivity index (χ0) is 19.1. The molecule has 6 nitrogen and oxygen atoms in total. The Hall–Kier alpha value is -2.21. The topological polar surface area (TPSA) is 96.2 Å². The number of anilines is 1. The molecule has 138 valence electrons. The van der Waals surface area contributed by atoms with Crippen LogP contribution in [0.4, 0.5) is 5.69 Å². The molecule has 0 aliphatic carbocycles. The maximum Gasteiger partial charge on any atom is 0.251 e. The van der Waals surface area contributed by atoms with Gasteiger partial charge in [-0.3, -0.25) is 9.59 Å². The third-order valence-electron chi connectivity index (χ3n) is 3.88. The van der Waals surface area contributed by atoms with E-state index in [0.29, 0.717) is 21.9 Å². The minimum atomic E-state index is -0.308. The second kappa shape index (κ2) is 9.32. The van der Waals surface area contributed by atoms with E-state index in [0.717, 1.165) is 17.8 Å². The Morgan fingerprint density at radius 1 is 1.28 bits per heavy atom. The number of nitrogens with two attached hydrogens (primary N) is 1. The van der Waals surface area contributed by atoms with E-state index in [1.165, 1.54) is 7.05 Å². The fraction of sp³-hybridized carbons (Fsp3) is 0.444. The number of carbonyl (C=O) groups is 2. The van der Waals surface area contributed by atoms with Crippen LogP contribution in [-0.2, 0) is 4.79 Å². The first-order valence-corrected chi connectivity index (χ1v) is 8.63. The van der Waals surface area contributed by atoms with E-state index in [4.69, 9.17) is 17.3 Å². The first kappa shape index (κ1) is 20.8. The summed E-state index contributed by atoms with van der Waals surface area (Å²) in [5.41, 5.74) is 8.90. The number of rotatable bonds is 7. The summed E-state index contributed by atoms with van der Waals surface area (Å²) in [6.45, 7) is 8.37. The van der Waals surface area contributed by atoms with Crippen molar-refractivity contribution in [1.82, 2.24) is 10.6 Å². The molecule has 7 heteroatoms. The van der Waals surface area contributed by atoms with Gasteiger partial charge >= 0.3 is 0 Å². The van der Waals surface area contributed by atoms with Gasteiger partial charge in [0.05, 0.1) is 12.1 Å². The normalized spacial score (nSPS) is 11.8. The molecular weight excluding hydrogens is 340 g/mol. The molecule has 2 amide bonds. The van der Waals surface area contributed by atoms with Gasteiger partial charge in [-0.05, 0) is 37.5 Å². The Bertz CT molecular complexity index is 684. The van der Waals surface area contributed by atoms with Crippen molar-refractivity contribution in [2.24, 2.45) is 11.7 Å². The fourth-order valence-electron chi connectivity index (χ4n) is 2.37. The number of nitrogens with one attached hydrogen (secondary N) is 3. The van der Waals surface area contributed by atoms with Gasteiger partial charge in [0.2, 0.25) is 0 Å². The Balaban J connectivity index is 3.06. The summed E-state index contributed by atoms with van der Waals surface area (Å²) >= 11 is 6.12. The van der Waals surface area contributed by atoms with Crippen molar-refractivity contribution in [3.63, 3.8) is 0 Å². The van der Waals surface area contributed by atoms with Crippen LogP contribution in [0.3, 0.4) is 0 Å². The average Bonchev–Trinajstić information content (AvgIpc) is 2.57. The van der Waals surface area contributed by atoms with E-state index in [1.54, 1.807) is 12.1 Å². The molecule has 0 bridgehead atoms. The van der Waals surface area contributed by atoms with Crippen molar-refractivity contribution in [2.45, 2.75) is 27.7 Å². The van der Waals surface area contributed by atoms with Crippen molar-refractivity contribution in [2.75, 3.05) is 25.5 Å². The van der Waals surface area contributed by atoms with Crippen LogP contribution in [0.2, 0.25) is 5.02 Å². The minimum absolute atomic E-state index is 0.00235. The number of likely N-dealkylation sites (N-methyl/N-ethyl adjacent to an activating group) is 1. The number of hydrogen-bond acceptors (Lipinski definition) is 4. The quantitative estimate of drug-likeness (QED) is 0.557. The molecule has 0 unspecified atom stereocenters. The molecule has 1 aromatic carbocycles. The summed E-state index contributed by atoms with van der Waals surface area (Å²) in [5, 5.41) is 8.96. The molecule has 0 saturated heterocycles. The zero-order valence-corrected chi connectivity index (χ0v) is 16.2. The molecule has 0 saturated carbocycles. The lowest BCUT2D eigenvalue weighted by molar-refractivity contribution is -0.117. The second-order valence-corrected chi connectivity index (χ2v) is 6.44. The molecule has 5 N–H and O–H groups in total. The molecule has 0 radical (unpaired) electrons. The summed E-state index contributed by atoms with van der Waals surface area (Å²) in [6.07, 6.45) is 0. The smallest absolute Gasteiger partial charge is 0.251 e. The highest BCUT2D eigenvalue weighted by atomic mass is 35.5. The van der Waals surface area contributed by atoms with E-state index in [-0.39, 0.29) is 24.3 Å². The standard InChI is InChI=1S/C18H27ClN4O2/c1-6-22-15-8-12(19)7-13(11(15)4)18(25)23-9-14(17(24)21-5)16(20)10(2)3/h7-8,10,22H,6,9,20H2,1-5H3,(H,21,24)(H,23,25)/b16-14-. The van der Waals surface area contributed by atoms with Crippen LogP contribution < -0.4 is 21.7 Å². The summed E-state index contributed by atoms with van der Waals surface area (Å²) in [6, 6.07) is 3.39. The zero-order valence-electron chi connectivity index (χ0n) is 15.4. The van der Waals surface area contributed by atoms with E-state index < -0.39 is 0 Å². The highest BCUT2D eigenvalue weighted by Crippen LogP contribution is 2.25. The Labute approximate surface area is 154 Å². The molecule has 0 aromatic heterocycles. The third kappa shape index (κ3) is 5.39. The van der Waals surface area contributed by atoms with Crippen LogP contribution in [0.5, 0.6) is 0 Å². The fourth-order valence-corrected chi connectivity index (χ4v) is 2.58. The number of hydrogen-bond donors (Lipinski definition) is 4. The van der Waals surface area contributed by atoms with Gasteiger partial charge in [-0.2, -0.15) is 0 Å². The van der Waals surface area contributed by atoms with Crippen molar-refractivity contribution in [1.29, 1.82) is 0 Å². The summed E-state index contributed by atoms with van der Waals surface area (Å²) in [4.78, 5) is 24.6. The van der Waals surface area contributed by atoms with Gasteiger partial charge in [-0.25, -0.2) is 0 Å². The molecule has 0 fully saturated rings. The first-order chi connectivity index (χ1) is 11.7. The second-order valence-electron chi connectivity index (χ2n) is 6.01. The number of amides is 2. The molecule has 0 atom stereocenters. The maximum atomic E-state index is 12.6. The van der Waals surface area contributed by atoms with Crippen LogP contribution >= 0.6 is 11.6 Å². The third-order valence-corrected chi connectivity index (χ3v) is 4.10. The molecule has 1 aromatic rings. The molecule has 0 heterocycles. The lowest BCUT2D eigenvalue weighted by Gasteiger charge is -2.16.